The molecule has 0 aliphatic carbocycles. The summed E-state index contributed by atoms with van der Waals surface area (Å²) in [4.78, 5) is 23.4. The lowest BCUT2D eigenvalue weighted by Crippen LogP contribution is -2.33. The van der Waals surface area contributed by atoms with Gasteiger partial charge in [-0.05, 0) is 55.7 Å². The lowest BCUT2D eigenvalue weighted by Gasteiger charge is -2.18. The highest BCUT2D eigenvalue weighted by Gasteiger charge is 2.45. The first-order chi connectivity index (χ1) is 11.9. The summed E-state index contributed by atoms with van der Waals surface area (Å²) < 4.78 is 1.85. The number of benzene rings is 1. The fourth-order valence-electron chi connectivity index (χ4n) is 3.40. The molecule has 0 radical (unpaired) electrons. The van der Waals surface area contributed by atoms with Crippen molar-refractivity contribution in [1.82, 2.24) is 14.5 Å². The van der Waals surface area contributed by atoms with Gasteiger partial charge in [0, 0.05) is 25.1 Å². The molecule has 25 heavy (non-hydrogen) atoms. The van der Waals surface area contributed by atoms with Crippen molar-refractivity contribution in [2.24, 2.45) is 7.05 Å². The van der Waals surface area contributed by atoms with Gasteiger partial charge in [0.25, 0.3) is 0 Å². The first-order valence-electron chi connectivity index (χ1n) is 8.28. The van der Waals surface area contributed by atoms with Crippen LogP contribution in [0.25, 0.3) is 11.1 Å². The zero-order valence-electron chi connectivity index (χ0n) is 14.8. The number of imidazole rings is 1. The quantitative estimate of drug-likeness (QED) is 0.718. The van der Waals surface area contributed by atoms with E-state index in [0.29, 0.717) is 5.82 Å². The molecule has 0 unspecified atom stereocenters. The van der Waals surface area contributed by atoms with Crippen LogP contribution in [0.1, 0.15) is 25.1 Å². The van der Waals surface area contributed by atoms with E-state index in [4.69, 9.17) is 0 Å². The zero-order chi connectivity index (χ0) is 17.8. The third-order valence-corrected chi connectivity index (χ3v) is 4.80. The second-order valence-corrected chi connectivity index (χ2v) is 7.08. The van der Waals surface area contributed by atoms with Gasteiger partial charge >= 0.3 is 0 Å². The van der Waals surface area contributed by atoms with Crippen LogP contribution in [-0.4, -0.2) is 20.4 Å². The number of amides is 1. The minimum absolute atomic E-state index is 0.0456. The number of carbonyl (C=O) groups is 1. The van der Waals surface area contributed by atoms with Gasteiger partial charge in [-0.2, -0.15) is 0 Å². The van der Waals surface area contributed by atoms with E-state index >= 15 is 0 Å². The largest absolute Gasteiger partial charge is 0.338 e. The van der Waals surface area contributed by atoms with Crippen LogP contribution >= 0.6 is 0 Å². The van der Waals surface area contributed by atoms with Gasteiger partial charge in [-0.3, -0.25) is 14.7 Å². The van der Waals surface area contributed by atoms with Crippen molar-refractivity contribution in [3.63, 3.8) is 0 Å². The maximum Gasteiger partial charge on any atom is 0.242 e. The molecule has 0 fully saturated rings. The van der Waals surface area contributed by atoms with Crippen LogP contribution in [0.3, 0.4) is 0 Å². The monoisotopic (exact) mass is 332 g/mol. The third-order valence-electron chi connectivity index (χ3n) is 4.80. The SMILES string of the molecule is Cc1cc(-c2ccc3c(c2)N(c2cn(C)cn2)C(=O)C3(C)C)ccn1. The van der Waals surface area contributed by atoms with Crippen molar-refractivity contribution in [1.29, 1.82) is 0 Å². The van der Waals surface area contributed by atoms with Crippen LogP contribution in [0.2, 0.25) is 0 Å². The molecular formula is C20H20N4O. The number of aryl methyl sites for hydroxylation is 2. The lowest BCUT2D eigenvalue weighted by molar-refractivity contribution is -0.121. The first-order valence-corrected chi connectivity index (χ1v) is 8.28. The van der Waals surface area contributed by atoms with Gasteiger partial charge < -0.3 is 4.57 Å². The molecule has 0 bridgehead atoms. The van der Waals surface area contributed by atoms with E-state index in [1.165, 1.54) is 0 Å². The maximum atomic E-state index is 13.1. The van der Waals surface area contributed by atoms with Crippen molar-refractivity contribution >= 4 is 17.4 Å². The summed E-state index contributed by atoms with van der Waals surface area (Å²) in [6, 6.07) is 10.2. The molecule has 4 rings (SSSR count). The molecule has 2 aromatic heterocycles. The Morgan fingerprint density at radius 3 is 2.48 bits per heavy atom. The highest BCUT2D eigenvalue weighted by Crippen LogP contribution is 2.46. The number of carbonyl (C=O) groups excluding carboxylic acids is 1. The minimum atomic E-state index is -0.570. The summed E-state index contributed by atoms with van der Waals surface area (Å²) in [5.41, 5.74) is 4.48. The van der Waals surface area contributed by atoms with E-state index in [9.17, 15) is 4.79 Å². The molecule has 0 saturated carbocycles. The number of hydrogen-bond donors (Lipinski definition) is 0. The second-order valence-electron chi connectivity index (χ2n) is 7.08. The van der Waals surface area contributed by atoms with Gasteiger partial charge in [0.1, 0.15) is 0 Å². The first kappa shape index (κ1) is 15.6. The van der Waals surface area contributed by atoms with E-state index in [1.54, 1.807) is 11.2 Å². The maximum absolute atomic E-state index is 13.1. The Hall–Kier alpha value is -2.95. The van der Waals surface area contributed by atoms with Gasteiger partial charge in [-0.25, -0.2) is 4.98 Å². The number of rotatable bonds is 2. The normalized spacial score (nSPS) is 15.5. The summed E-state index contributed by atoms with van der Waals surface area (Å²) in [6.45, 7) is 5.91. The van der Waals surface area contributed by atoms with Crippen LogP contribution in [0.5, 0.6) is 0 Å². The Labute approximate surface area is 147 Å². The highest BCUT2D eigenvalue weighted by molar-refractivity contribution is 6.12. The van der Waals surface area contributed by atoms with Crippen molar-refractivity contribution < 1.29 is 4.79 Å². The van der Waals surface area contributed by atoms with Gasteiger partial charge in [0.05, 0.1) is 17.4 Å². The van der Waals surface area contributed by atoms with Crippen LogP contribution in [0.15, 0.2) is 49.1 Å². The molecule has 0 spiro atoms. The predicted octanol–water partition coefficient (Wildman–Crippen LogP) is 3.75. The molecule has 5 heteroatoms. The Morgan fingerprint density at radius 1 is 1.04 bits per heavy atom. The molecule has 1 aliphatic heterocycles. The Kier molecular flexibility index (Phi) is 3.29. The van der Waals surface area contributed by atoms with Gasteiger partial charge in [-0.1, -0.05) is 12.1 Å². The minimum Gasteiger partial charge on any atom is -0.338 e. The summed E-state index contributed by atoms with van der Waals surface area (Å²) in [7, 11) is 1.90. The average Bonchev–Trinajstić information content (AvgIpc) is 3.08. The van der Waals surface area contributed by atoms with Gasteiger partial charge in [0.15, 0.2) is 5.82 Å². The molecule has 0 N–H and O–H groups in total. The predicted molar refractivity (Wildman–Crippen MR) is 97.8 cm³/mol. The number of pyridine rings is 1. The second kappa shape index (κ2) is 5.28. The van der Waals surface area contributed by atoms with Crippen molar-refractivity contribution in [2.45, 2.75) is 26.2 Å². The van der Waals surface area contributed by atoms with Crippen LogP contribution < -0.4 is 4.90 Å². The zero-order valence-corrected chi connectivity index (χ0v) is 14.8. The molecule has 5 nitrogen and oxygen atoms in total. The summed E-state index contributed by atoms with van der Waals surface area (Å²) in [5, 5.41) is 0. The summed E-state index contributed by atoms with van der Waals surface area (Å²) in [6.07, 6.45) is 5.39. The van der Waals surface area contributed by atoms with Crippen LogP contribution in [0, 0.1) is 6.92 Å². The van der Waals surface area contributed by atoms with Crippen LogP contribution in [-0.2, 0) is 17.3 Å². The standard InChI is InChI=1S/C20H20N4O/c1-13-9-15(7-8-21-13)14-5-6-16-17(10-14)24(19(25)20(16,2)3)18-11-23(4)12-22-18/h5-12H,1-4H3. The Balaban J connectivity index is 1.90. The average molecular weight is 332 g/mol. The fraction of sp³-hybridized carbons (Fsp3) is 0.250. The topological polar surface area (TPSA) is 51.0 Å². The Bertz CT molecular complexity index is 987. The Morgan fingerprint density at radius 2 is 1.80 bits per heavy atom. The molecule has 3 aromatic rings. The lowest BCUT2D eigenvalue weighted by atomic mass is 9.85. The van der Waals surface area contributed by atoms with E-state index in [2.05, 4.69) is 34.2 Å². The molecule has 1 aliphatic rings. The van der Waals surface area contributed by atoms with Crippen molar-refractivity contribution in [2.75, 3.05) is 4.90 Å². The van der Waals surface area contributed by atoms with Crippen molar-refractivity contribution in [3.05, 3.63) is 60.3 Å². The number of fused-ring (bicyclic) bond motifs is 1. The third kappa shape index (κ3) is 2.35. The van der Waals surface area contributed by atoms with Gasteiger partial charge in [-0.15, -0.1) is 0 Å². The highest BCUT2D eigenvalue weighted by atomic mass is 16.2. The number of hydrogen-bond acceptors (Lipinski definition) is 3. The van der Waals surface area contributed by atoms with Crippen molar-refractivity contribution in [3.8, 4) is 11.1 Å². The molecular weight excluding hydrogens is 312 g/mol. The number of anilines is 2. The molecule has 126 valence electrons. The van der Waals surface area contributed by atoms with Crippen LogP contribution in [0.4, 0.5) is 11.5 Å². The number of aromatic nitrogens is 3. The van der Waals surface area contributed by atoms with E-state index < -0.39 is 5.41 Å². The van der Waals surface area contributed by atoms with E-state index in [1.807, 2.05) is 50.8 Å². The van der Waals surface area contributed by atoms with E-state index in [-0.39, 0.29) is 5.91 Å². The smallest absolute Gasteiger partial charge is 0.242 e. The van der Waals surface area contributed by atoms with E-state index in [0.717, 1.165) is 28.1 Å². The number of nitrogens with zero attached hydrogens (tertiary/aromatic N) is 4. The summed E-state index contributed by atoms with van der Waals surface area (Å²) in [5.74, 6) is 0.701. The van der Waals surface area contributed by atoms with Gasteiger partial charge in [0.2, 0.25) is 5.91 Å². The molecule has 1 aromatic carbocycles. The molecule has 0 saturated heterocycles. The molecule has 1 amide bonds. The molecule has 0 atom stereocenters. The molecule has 3 heterocycles. The fourth-order valence-corrected chi connectivity index (χ4v) is 3.40. The summed E-state index contributed by atoms with van der Waals surface area (Å²) >= 11 is 0.